The van der Waals surface area contributed by atoms with Crippen molar-refractivity contribution in [1.29, 1.82) is 0 Å². The molecule has 0 radical (unpaired) electrons. The molecular weight excluding hydrogens is 287 g/mol. The van der Waals surface area contributed by atoms with Crippen molar-refractivity contribution in [2.45, 2.75) is 18.7 Å². The highest BCUT2D eigenvalue weighted by Crippen LogP contribution is 2.27. The van der Waals surface area contributed by atoms with E-state index in [0.29, 0.717) is 0 Å². The number of alkyl halides is 1. The number of benzene rings is 1. The standard InChI is InChI=1S/C13H12BrClO/c1-9-5-11(8-16-9)13(15)7-10-3-2-4-12(14)6-10/h2-6,8,13H,7H2,1H3. The van der Waals surface area contributed by atoms with Crippen LogP contribution >= 0.6 is 27.5 Å². The van der Waals surface area contributed by atoms with Gasteiger partial charge in [0.25, 0.3) is 0 Å². The molecule has 0 saturated heterocycles. The van der Waals surface area contributed by atoms with Crippen molar-refractivity contribution in [2.75, 3.05) is 0 Å². The van der Waals surface area contributed by atoms with Gasteiger partial charge in [-0.3, -0.25) is 0 Å². The summed E-state index contributed by atoms with van der Waals surface area (Å²) in [5, 5.41) is -0.0354. The third kappa shape index (κ3) is 2.89. The third-order valence-corrected chi connectivity index (χ3v) is 3.32. The quantitative estimate of drug-likeness (QED) is 0.737. The van der Waals surface area contributed by atoms with Crippen LogP contribution in [-0.4, -0.2) is 0 Å². The molecule has 0 N–H and O–H groups in total. The number of hydrogen-bond donors (Lipinski definition) is 0. The monoisotopic (exact) mass is 298 g/mol. The van der Waals surface area contributed by atoms with Crippen LogP contribution in [0.25, 0.3) is 0 Å². The topological polar surface area (TPSA) is 13.1 Å². The van der Waals surface area contributed by atoms with E-state index in [1.807, 2.05) is 25.1 Å². The molecule has 0 aliphatic carbocycles. The van der Waals surface area contributed by atoms with Gasteiger partial charge < -0.3 is 4.42 Å². The first-order valence-electron chi connectivity index (χ1n) is 5.08. The molecule has 0 fully saturated rings. The summed E-state index contributed by atoms with van der Waals surface area (Å²) in [5.74, 6) is 0.898. The van der Waals surface area contributed by atoms with E-state index in [4.69, 9.17) is 16.0 Å². The van der Waals surface area contributed by atoms with Gasteiger partial charge in [0.15, 0.2) is 0 Å². The normalized spacial score (nSPS) is 12.7. The van der Waals surface area contributed by atoms with E-state index in [9.17, 15) is 0 Å². The largest absolute Gasteiger partial charge is 0.469 e. The minimum absolute atomic E-state index is 0.0354. The van der Waals surface area contributed by atoms with Gasteiger partial charge in [-0.25, -0.2) is 0 Å². The van der Waals surface area contributed by atoms with Gasteiger partial charge >= 0.3 is 0 Å². The van der Waals surface area contributed by atoms with E-state index in [1.165, 1.54) is 5.56 Å². The lowest BCUT2D eigenvalue weighted by Gasteiger charge is -2.07. The molecule has 1 aromatic carbocycles. The average molecular weight is 300 g/mol. The van der Waals surface area contributed by atoms with E-state index in [0.717, 1.165) is 22.2 Å². The maximum absolute atomic E-state index is 6.33. The molecule has 16 heavy (non-hydrogen) atoms. The Morgan fingerprint density at radius 3 is 2.81 bits per heavy atom. The van der Waals surface area contributed by atoms with E-state index in [1.54, 1.807) is 6.26 Å². The van der Waals surface area contributed by atoms with Crippen molar-refractivity contribution in [3.05, 3.63) is 58.0 Å². The third-order valence-electron chi connectivity index (χ3n) is 2.42. The maximum Gasteiger partial charge on any atom is 0.101 e. The molecule has 0 aliphatic heterocycles. The second-order valence-corrected chi connectivity index (χ2v) is 5.23. The van der Waals surface area contributed by atoms with Crippen LogP contribution in [0.1, 0.15) is 22.3 Å². The fourth-order valence-corrected chi connectivity index (χ4v) is 2.36. The van der Waals surface area contributed by atoms with Crippen LogP contribution in [0.15, 0.2) is 45.5 Å². The molecule has 1 unspecified atom stereocenters. The van der Waals surface area contributed by atoms with Crippen molar-refractivity contribution in [3.8, 4) is 0 Å². The Balaban J connectivity index is 2.10. The van der Waals surface area contributed by atoms with Gasteiger partial charge in [-0.05, 0) is 37.1 Å². The first-order chi connectivity index (χ1) is 7.65. The summed E-state index contributed by atoms with van der Waals surface area (Å²) in [6.07, 6.45) is 2.53. The van der Waals surface area contributed by atoms with Crippen molar-refractivity contribution in [1.82, 2.24) is 0 Å². The molecule has 0 saturated carbocycles. The number of halogens is 2. The van der Waals surface area contributed by atoms with Crippen LogP contribution in [0.2, 0.25) is 0 Å². The van der Waals surface area contributed by atoms with E-state index < -0.39 is 0 Å². The Morgan fingerprint density at radius 1 is 1.38 bits per heavy atom. The summed E-state index contributed by atoms with van der Waals surface area (Å²) in [7, 11) is 0. The summed E-state index contributed by atoms with van der Waals surface area (Å²) in [5.41, 5.74) is 2.26. The second-order valence-electron chi connectivity index (χ2n) is 3.79. The van der Waals surface area contributed by atoms with E-state index in [2.05, 4.69) is 28.1 Å². The Morgan fingerprint density at radius 2 is 2.19 bits per heavy atom. The molecule has 84 valence electrons. The lowest BCUT2D eigenvalue weighted by molar-refractivity contribution is 0.531. The van der Waals surface area contributed by atoms with Crippen LogP contribution in [0.5, 0.6) is 0 Å². The fourth-order valence-electron chi connectivity index (χ4n) is 1.62. The minimum atomic E-state index is -0.0354. The highest BCUT2D eigenvalue weighted by atomic mass is 79.9. The van der Waals surface area contributed by atoms with E-state index in [-0.39, 0.29) is 5.38 Å². The van der Waals surface area contributed by atoms with Crippen LogP contribution in [0.4, 0.5) is 0 Å². The zero-order chi connectivity index (χ0) is 11.5. The van der Waals surface area contributed by atoms with Gasteiger partial charge in [0, 0.05) is 10.0 Å². The molecule has 0 bridgehead atoms. The summed E-state index contributed by atoms with van der Waals surface area (Å²) in [4.78, 5) is 0. The van der Waals surface area contributed by atoms with Crippen LogP contribution in [-0.2, 0) is 6.42 Å². The summed E-state index contributed by atoms with van der Waals surface area (Å²) >= 11 is 9.78. The van der Waals surface area contributed by atoms with Gasteiger partial charge in [0.1, 0.15) is 5.76 Å². The van der Waals surface area contributed by atoms with Gasteiger partial charge in [-0.1, -0.05) is 28.1 Å². The molecular formula is C13H12BrClO. The first kappa shape index (κ1) is 11.7. The highest BCUT2D eigenvalue weighted by Gasteiger charge is 2.11. The molecule has 3 heteroatoms. The van der Waals surface area contributed by atoms with Crippen molar-refractivity contribution < 1.29 is 4.42 Å². The molecule has 0 amide bonds. The number of aryl methyl sites for hydroxylation is 1. The molecule has 1 nitrogen and oxygen atoms in total. The van der Waals surface area contributed by atoms with E-state index >= 15 is 0 Å². The Kier molecular flexibility index (Phi) is 3.72. The van der Waals surface area contributed by atoms with Crippen molar-refractivity contribution in [2.24, 2.45) is 0 Å². The Bertz CT molecular complexity index is 478. The molecule has 0 aliphatic rings. The molecule has 2 aromatic rings. The second kappa shape index (κ2) is 5.07. The zero-order valence-corrected chi connectivity index (χ0v) is 11.3. The van der Waals surface area contributed by atoms with Gasteiger partial charge in [-0.15, -0.1) is 11.6 Å². The smallest absolute Gasteiger partial charge is 0.101 e. The number of hydrogen-bond acceptors (Lipinski definition) is 1. The van der Waals surface area contributed by atoms with Crippen molar-refractivity contribution in [3.63, 3.8) is 0 Å². The zero-order valence-electron chi connectivity index (χ0n) is 8.91. The number of furan rings is 1. The van der Waals surface area contributed by atoms with Crippen LogP contribution < -0.4 is 0 Å². The lowest BCUT2D eigenvalue weighted by atomic mass is 10.1. The predicted octanol–water partition coefficient (Wildman–Crippen LogP) is 4.87. The molecule has 1 atom stereocenters. The van der Waals surface area contributed by atoms with Crippen LogP contribution in [0.3, 0.4) is 0 Å². The molecule has 0 spiro atoms. The minimum Gasteiger partial charge on any atom is -0.469 e. The number of rotatable bonds is 3. The SMILES string of the molecule is Cc1cc(C(Cl)Cc2cccc(Br)c2)co1. The first-order valence-corrected chi connectivity index (χ1v) is 6.31. The maximum atomic E-state index is 6.33. The molecule has 1 aromatic heterocycles. The summed E-state index contributed by atoms with van der Waals surface area (Å²) in [6, 6.07) is 10.2. The average Bonchev–Trinajstić information content (AvgIpc) is 2.65. The van der Waals surface area contributed by atoms with Gasteiger partial charge in [0.05, 0.1) is 11.6 Å². The fraction of sp³-hybridized carbons (Fsp3) is 0.231. The lowest BCUT2D eigenvalue weighted by Crippen LogP contribution is -1.94. The Hall–Kier alpha value is -0.730. The Labute approximate surface area is 109 Å². The molecule has 1 heterocycles. The van der Waals surface area contributed by atoms with Crippen molar-refractivity contribution >= 4 is 27.5 Å². The van der Waals surface area contributed by atoms with Gasteiger partial charge in [0.2, 0.25) is 0 Å². The predicted molar refractivity (Wildman–Crippen MR) is 69.9 cm³/mol. The van der Waals surface area contributed by atoms with Gasteiger partial charge in [-0.2, -0.15) is 0 Å². The highest BCUT2D eigenvalue weighted by molar-refractivity contribution is 9.10. The van der Waals surface area contributed by atoms with Crippen LogP contribution in [0, 0.1) is 6.92 Å². The summed E-state index contributed by atoms with van der Waals surface area (Å²) < 4.78 is 6.33. The molecule has 2 rings (SSSR count). The summed E-state index contributed by atoms with van der Waals surface area (Å²) in [6.45, 7) is 1.92.